The first-order valence-corrected chi connectivity index (χ1v) is 8.73. The zero-order chi connectivity index (χ0) is 17.4. The van der Waals surface area contributed by atoms with Crippen LogP contribution in [-0.4, -0.2) is 19.3 Å². The van der Waals surface area contributed by atoms with Gasteiger partial charge >= 0.3 is 0 Å². The molecule has 130 valence electrons. The predicted octanol–water partition coefficient (Wildman–Crippen LogP) is 5.30. The van der Waals surface area contributed by atoms with Gasteiger partial charge in [-0.05, 0) is 68.1 Å². The first-order chi connectivity index (χ1) is 11.5. The van der Waals surface area contributed by atoms with Crippen molar-refractivity contribution in [3.8, 4) is 11.5 Å². The molecule has 2 rings (SSSR count). The second kappa shape index (κ2) is 9.21. The van der Waals surface area contributed by atoms with Crippen molar-refractivity contribution in [1.29, 1.82) is 0 Å². The standard InChI is InChI=1S/C21H29NO2/c1-16(2)12-13-23-20-10-8-19(9-11-20)22-15-18(4)24-21-7-5-6-17(3)14-21/h5-11,14,16,18,22H,12-13,15H2,1-4H3. The molecule has 0 aromatic heterocycles. The van der Waals surface area contributed by atoms with Gasteiger partial charge in [-0.1, -0.05) is 26.0 Å². The Morgan fingerprint density at radius 3 is 2.38 bits per heavy atom. The summed E-state index contributed by atoms with van der Waals surface area (Å²) in [4.78, 5) is 0. The van der Waals surface area contributed by atoms with Crippen LogP contribution >= 0.6 is 0 Å². The summed E-state index contributed by atoms with van der Waals surface area (Å²) in [6, 6.07) is 16.2. The van der Waals surface area contributed by atoms with E-state index in [9.17, 15) is 0 Å². The fourth-order valence-corrected chi connectivity index (χ4v) is 2.31. The lowest BCUT2D eigenvalue weighted by Gasteiger charge is -2.17. The molecule has 1 N–H and O–H groups in total. The van der Waals surface area contributed by atoms with Gasteiger partial charge in [0.2, 0.25) is 0 Å². The van der Waals surface area contributed by atoms with Gasteiger partial charge in [0, 0.05) is 5.69 Å². The first-order valence-electron chi connectivity index (χ1n) is 8.73. The van der Waals surface area contributed by atoms with Gasteiger partial charge in [-0.15, -0.1) is 0 Å². The number of rotatable bonds is 9. The molecule has 3 nitrogen and oxygen atoms in total. The van der Waals surface area contributed by atoms with E-state index in [4.69, 9.17) is 9.47 Å². The van der Waals surface area contributed by atoms with Crippen LogP contribution in [-0.2, 0) is 0 Å². The van der Waals surface area contributed by atoms with Crippen LogP contribution in [0.1, 0.15) is 32.8 Å². The van der Waals surface area contributed by atoms with E-state index in [2.05, 4.69) is 45.1 Å². The molecule has 24 heavy (non-hydrogen) atoms. The normalized spacial score (nSPS) is 12.0. The summed E-state index contributed by atoms with van der Waals surface area (Å²) in [5, 5.41) is 3.40. The number of anilines is 1. The molecule has 0 fully saturated rings. The highest BCUT2D eigenvalue weighted by molar-refractivity contribution is 5.46. The van der Waals surface area contributed by atoms with Gasteiger partial charge < -0.3 is 14.8 Å². The molecule has 3 heteroatoms. The Morgan fingerprint density at radius 2 is 1.71 bits per heavy atom. The van der Waals surface area contributed by atoms with Gasteiger partial charge in [0.05, 0.1) is 13.2 Å². The van der Waals surface area contributed by atoms with Crippen LogP contribution in [0.3, 0.4) is 0 Å². The number of benzene rings is 2. The molecule has 2 aromatic carbocycles. The van der Waals surface area contributed by atoms with Crippen LogP contribution in [0.5, 0.6) is 11.5 Å². The summed E-state index contributed by atoms with van der Waals surface area (Å²) in [6.07, 6.45) is 1.17. The number of hydrogen-bond acceptors (Lipinski definition) is 3. The lowest BCUT2D eigenvalue weighted by molar-refractivity contribution is 0.234. The molecule has 0 heterocycles. The van der Waals surface area contributed by atoms with Crippen molar-refractivity contribution in [3.05, 3.63) is 54.1 Å². The highest BCUT2D eigenvalue weighted by atomic mass is 16.5. The Balaban J connectivity index is 1.75. The van der Waals surface area contributed by atoms with Crippen LogP contribution in [0.15, 0.2) is 48.5 Å². The molecule has 0 saturated carbocycles. The summed E-state index contributed by atoms with van der Waals surface area (Å²) in [6.45, 7) is 10.1. The minimum absolute atomic E-state index is 0.0915. The van der Waals surface area contributed by atoms with Gasteiger partial charge in [0.25, 0.3) is 0 Å². The molecule has 0 saturated heterocycles. The SMILES string of the molecule is Cc1cccc(OC(C)CNc2ccc(OCCC(C)C)cc2)c1. The zero-order valence-electron chi connectivity index (χ0n) is 15.2. The molecule has 0 aliphatic heterocycles. The maximum absolute atomic E-state index is 5.93. The quantitative estimate of drug-likeness (QED) is 0.678. The average Bonchev–Trinajstić information content (AvgIpc) is 2.54. The van der Waals surface area contributed by atoms with Crippen molar-refractivity contribution in [3.63, 3.8) is 0 Å². The van der Waals surface area contributed by atoms with Crippen LogP contribution in [0.4, 0.5) is 5.69 Å². The van der Waals surface area contributed by atoms with Crippen LogP contribution in [0.25, 0.3) is 0 Å². The Hall–Kier alpha value is -2.16. The molecule has 0 spiro atoms. The van der Waals surface area contributed by atoms with E-state index in [1.807, 2.05) is 36.4 Å². The van der Waals surface area contributed by atoms with Gasteiger partial charge in [-0.3, -0.25) is 0 Å². The van der Waals surface area contributed by atoms with Crippen molar-refractivity contribution < 1.29 is 9.47 Å². The van der Waals surface area contributed by atoms with E-state index in [-0.39, 0.29) is 6.10 Å². The number of nitrogens with one attached hydrogen (secondary N) is 1. The van der Waals surface area contributed by atoms with E-state index in [1.54, 1.807) is 0 Å². The lowest BCUT2D eigenvalue weighted by Crippen LogP contribution is -2.22. The summed E-state index contributed by atoms with van der Waals surface area (Å²) in [5.74, 6) is 2.50. The van der Waals surface area contributed by atoms with E-state index in [1.165, 1.54) is 5.56 Å². The minimum Gasteiger partial charge on any atom is -0.494 e. The van der Waals surface area contributed by atoms with Crippen LogP contribution in [0, 0.1) is 12.8 Å². The average molecular weight is 327 g/mol. The Kier molecular flexibility index (Phi) is 6.98. The fourth-order valence-electron chi connectivity index (χ4n) is 2.31. The smallest absolute Gasteiger partial charge is 0.120 e. The third-order valence-corrected chi connectivity index (χ3v) is 3.74. The van der Waals surface area contributed by atoms with Gasteiger partial charge in [0.15, 0.2) is 0 Å². The topological polar surface area (TPSA) is 30.5 Å². The maximum atomic E-state index is 5.93. The summed E-state index contributed by atoms with van der Waals surface area (Å²) in [5.41, 5.74) is 2.28. The molecule has 0 aliphatic rings. The van der Waals surface area contributed by atoms with Crippen LogP contribution < -0.4 is 14.8 Å². The van der Waals surface area contributed by atoms with Crippen molar-refractivity contribution in [1.82, 2.24) is 0 Å². The molecule has 1 unspecified atom stereocenters. The first kappa shape index (κ1) is 18.2. The Morgan fingerprint density at radius 1 is 0.958 bits per heavy atom. The lowest BCUT2D eigenvalue weighted by atomic mass is 10.1. The number of ether oxygens (including phenoxy) is 2. The predicted molar refractivity (Wildman–Crippen MR) is 101 cm³/mol. The fraction of sp³-hybridized carbons (Fsp3) is 0.429. The summed E-state index contributed by atoms with van der Waals surface area (Å²) >= 11 is 0. The molecule has 0 aliphatic carbocycles. The van der Waals surface area contributed by atoms with E-state index >= 15 is 0 Å². The van der Waals surface area contributed by atoms with Gasteiger partial charge in [-0.25, -0.2) is 0 Å². The second-order valence-corrected chi connectivity index (χ2v) is 6.68. The van der Waals surface area contributed by atoms with Gasteiger partial charge in [-0.2, -0.15) is 0 Å². The van der Waals surface area contributed by atoms with Crippen molar-refractivity contribution >= 4 is 5.69 Å². The van der Waals surface area contributed by atoms with Gasteiger partial charge in [0.1, 0.15) is 17.6 Å². The second-order valence-electron chi connectivity index (χ2n) is 6.68. The Labute approximate surface area is 146 Å². The van der Waals surface area contributed by atoms with E-state index < -0.39 is 0 Å². The highest BCUT2D eigenvalue weighted by Crippen LogP contribution is 2.17. The third kappa shape index (κ3) is 6.53. The highest BCUT2D eigenvalue weighted by Gasteiger charge is 2.04. The van der Waals surface area contributed by atoms with E-state index in [0.29, 0.717) is 5.92 Å². The number of aryl methyl sites for hydroxylation is 1. The minimum atomic E-state index is 0.0915. The molecule has 0 amide bonds. The zero-order valence-corrected chi connectivity index (χ0v) is 15.2. The van der Waals surface area contributed by atoms with Crippen LogP contribution in [0.2, 0.25) is 0 Å². The van der Waals surface area contributed by atoms with Crippen molar-refractivity contribution in [2.24, 2.45) is 5.92 Å². The molecule has 0 bridgehead atoms. The summed E-state index contributed by atoms with van der Waals surface area (Å²) < 4.78 is 11.7. The van der Waals surface area contributed by atoms with Crippen molar-refractivity contribution in [2.45, 2.75) is 40.2 Å². The van der Waals surface area contributed by atoms with Crippen molar-refractivity contribution in [2.75, 3.05) is 18.5 Å². The maximum Gasteiger partial charge on any atom is 0.120 e. The monoisotopic (exact) mass is 327 g/mol. The molecule has 2 aromatic rings. The van der Waals surface area contributed by atoms with E-state index in [0.717, 1.165) is 36.8 Å². The Bertz CT molecular complexity index is 607. The largest absolute Gasteiger partial charge is 0.494 e. The molecule has 1 atom stereocenters. The molecular weight excluding hydrogens is 298 g/mol. The summed E-state index contributed by atoms with van der Waals surface area (Å²) in [7, 11) is 0. The third-order valence-electron chi connectivity index (χ3n) is 3.74. The molecule has 0 radical (unpaired) electrons. The number of hydrogen-bond donors (Lipinski definition) is 1. The molecular formula is C21H29NO2.